The van der Waals surface area contributed by atoms with E-state index in [1.165, 1.54) is 4.31 Å². The van der Waals surface area contributed by atoms with Crippen molar-refractivity contribution in [3.8, 4) is 0 Å². The molecule has 1 rings (SSSR count). The summed E-state index contributed by atoms with van der Waals surface area (Å²) in [6, 6.07) is 0. The Hall–Kier alpha value is -0.170. The zero-order valence-corrected chi connectivity index (χ0v) is 11.7. The molecule has 0 aromatic heterocycles. The summed E-state index contributed by atoms with van der Waals surface area (Å²) in [6.07, 6.45) is 1.02. The van der Waals surface area contributed by atoms with Gasteiger partial charge in [0.15, 0.2) is 0 Å². The van der Waals surface area contributed by atoms with Crippen molar-refractivity contribution in [1.29, 1.82) is 0 Å². The third kappa shape index (κ3) is 4.54. The third-order valence-electron chi connectivity index (χ3n) is 3.15. The molecule has 0 spiro atoms. The van der Waals surface area contributed by atoms with Gasteiger partial charge in [0.05, 0.1) is 6.10 Å². The van der Waals surface area contributed by atoms with Gasteiger partial charge in [0.2, 0.25) is 0 Å². The molecular weight excluding hydrogens is 240 g/mol. The summed E-state index contributed by atoms with van der Waals surface area (Å²) >= 11 is 0. The van der Waals surface area contributed by atoms with Crippen LogP contribution >= 0.6 is 0 Å². The van der Waals surface area contributed by atoms with Crippen LogP contribution in [0.25, 0.3) is 0 Å². The Morgan fingerprint density at radius 2 is 1.88 bits per heavy atom. The number of nitrogens with one attached hydrogen (secondary N) is 1. The summed E-state index contributed by atoms with van der Waals surface area (Å²) in [5.41, 5.74) is 0. The van der Waals surface area contributed by atoms with Gasteiger partial charge in [-0.2, -0.15) is 17.4 Å². The minimum absolute atomic E-state index is 0.0953. The van der Waals surface area contributed by atoms with Gasteiger partial charge in [-0.3, -0.25) is 0 Å². The van der Waals surface area contributed by atoms with Crippen LogP contribution in [0.2, 0.25) is 0 Å². The van der Waals surface area contributed by atoms with Crippen LogP contribution in [-0.4, -0.2) is 43.6 Å². The van der Waals surface area contributed by atoms with Crippen LogP contribution in [0.5, 0.6) is 0 Å². The van der Waals surface area contributed by atoms with E-state index in [1.807, 2.05) is 6.92 Å². The molecule has 0 radical (unpaired) electrons. The van der Waals surface area contributed by atoms with E-state index in [0.717, 1.165) is 6.42 Å². The lowest BCUT2D eigenvalue weighted by Crippen LogP contribution is -2.49. The van der Waals surface area contributed by atoms with Crippen molar-refractivity contribution in [3.05, 3.63) is 0 Å². The van der Waals surface area contributed by atoms with Gasteiger partial charge in [-0.05, 0) is 24.7 Å². The lowest BCUT2D eigenvalue weighted by Gasteiger charge is -2.34. The lowest BCUT2D eigenvalue weighted by molar-refractivity contribution is 0.171. The highest BCUT2D eigenvalue weighted by atomic mass is 32.2. The first kappa shape index (κ1) is 14.9. The van der Waals surface area contributed by atoms with Crippen LogP contribution in [0.15, 0.2) is 0 Å². The predicted molar refractivity (Wildman–Crippen MR) is 67.7 cm³/mol. The molecule has 6 heteroatoms. The first-order chi connectivity index (χ1) is 7.85. The molecule has 0 aliphatic carbocycles. The van der Waals surface area contributed by atoms with Crippen molar-refractivity contribution in [2.45, 2.75) is 39.7 Å². The van der Waals surface area contributed by atoms with Crippen LogP contribution < -0.4 is 4.72 Å². The van der Waals surface area contributed by atoms with Crippen LogP contribution in [-0.2, 0) is 10.2 Å². The van der Waals surface area contributed by atoms with Crippen molar-refractivity contribution in [2.75, 3.05) is 19.6 Å². The summed E-state index contributed by atoms with van der Waals surface area (Å²) in [7, 11) is -3.43. The molecule has 1 aliphatic heterocycles. The average Bonchev–Trinajstić information content (AvgIpc) is 2.24. The van der Waals surface area contributed by atoms with Gasteiger partial charge < -0.3 is 5.11 Å². The second kappa shape index (κ2) is 6.13. The monoisotopic (exact) mass is 264 g/mol. The topological polar surface area (TPSA) is 69.6 Å². The van der Waals surface area contributed by atoms with Gasteiger partial charge in [0.1, 0.15) is 0 Å². The van der Waals surface area contributed by atoms with Crippen LogP contribution in [0.3, 0.4) is 0 Å². The Morgan fingerprint density at radius 3 is 2.35 bits per heavy atom. The Morgan fingerprint density at radius 1 is 1.35 bits per heavy atom. The normalized spacial score (nSPS) is 29.2. The lowest BCUT2D eigenvalue weighted by atomic mass is 9.94. The van der Waals surface area contributed by atoms with E-state index >= 15 is 0 Å². The molecule has 1 aliphatic rings. The second-order valence-corrected chi connectivity index (χ2v) is 6.93. The number of hydrogen-bond donors (Lipinski definition) is 2. The molecule has 1 saturated heterocycles. The molecule has 2 N–H and O–H groups in total. The van der Waals surface area contributed by atoms with Gasteiger partial charge in [-0.25, -0.2) is 0 Å². The van der Waals surface area contributed by atoms with E-state index in [1.54, 1.807) is 0 Å². The largest absolute Gasteiger partial charge is 0.392 e. The van der Waals surface area contributed by atoms with E-state index in [4.69, 9.17) is 0 Å². The molecule has 0 aromatic rings. The van der Waals surface area contributed by atoms with Gasteiger partial charge >= 0.3 is 0 Å². The summed E-state index contributed by atoms with van der Waals surface area (Å²) in [6.45, 7) is 7.20. The Labute approximate surface area is 104 Å². The Kier molecular flexibility index (Phi) is 5.37. The maximum Gasteiger partial charge on any atom is 0.279 e. The molecule has 3 atom stereocenters. The Balaban J connectivity index is 2.57. The zero-order valence-electron chi connectivity index (χ0n) is 10.9. The van der Waals surface area contributed by atoms with Crippen molar-refractivity contribution >= 4 is 10.2 Å². The molecule has 0 amide bonds. The molecule has 17 heavy (non-hydrogen) atoms. The highest BCUT2D eigenvalue weighted by Gasteiger charge is 2.30. The van der Waals surface area contributed by atoms with Crippen molar-refractivity contribution in [2.24, 2.45) is 11.8 Å². The van der Waals surface area contributed by atoms with E-state index in [-0.39, 0.29) is 6.54 Å². The summed E-state index contributed by atoms with van der Waals surface area (Å²) in [5.74, 6) is 0.790. The van der Waals surface area contributed by atoms with Gasteiger partial charge in [0.25, 0.3) is 10.2 Å². The fourth-order valence-corrected chi connectivity index (χ4v) is 3.73. The maximum absolute atomic E-state index is 12.0. The molecule has 1 fully saturated rings. The highest BCUT2D eigenvalue weighted by molar-refractivity contribution is 7.87. The van der Waals surface area contributed by atoms with E-state index < -0.39 is 16.3 Å². The SMILES string of the molecule is CCC(O)CNS(=O)(=O)N1CC(C)CC(C)C1. The first-order valence-electron chi connectivity index (χ1n) is 6.28. The number of nitrogens with zero attached hydrogens (tertiary/aromatic N) is 1. The second-order valence-electron chi connectivity index (χ2n) is 5.18. The number of aliphatic hydroxyl groups is 1. The van der Waals surface area contributed by atoms with Gasteiger partial charge in [-0.1, -0.05) is 20.8 Å². The fourth-order valence-electron chi connectivity index (χ4n) is 2.24. The fraction of sp³-hybridized carbons (Fsp3) is 1.00. The standard InChI is InChI=1S/C11H24N2O3S/c1-4-11(14)6-12-17(15,16)13-7-9(2)5-10(3)8-13/h9-12,14H,4-8H2,1-3H3. The molecule has 3 unspecified atom stereocenters. The van der Waals surface area contributed by atoms with Gasteiger partial charge in [0, 0.05) is 19.6 Å². The summed E-state index contributed by atoms with van der Waals surface area (Å²) in [4.78, 5) is 0. The summed E-state index contributed by atoms with van der Waals surface area (Å²) < 4.78 is 28.0. The van der Waals surface area contributed by atoms with Gasteiger partial charge in [-0.15, -0.1) is 0 Å². The number of piperidine rings is 1. The minimum Gasteiger partial charge on any atom is -0.392 e. The van der Waals surface area contributed by atoms with E-state index in [0.29, 0.717) is 31.3 Å². The van der Waals surface area contributed by atoms with Crippen molar-refractivity contribution in [3.63, 3.8) is 0 Å². The predicted octanol–water partition coefficient (Wildman–Crippen LogP) is 0.570. The zero-order chi connectivity index (χ0) is 13.1. The Bertz CT molecular complexity index is 322. The third-order valence-corrected chi connectivity index (χ3v) is 4.66. The highest BCUT2D eigenvalue weighted by Crippen LogP contribution is 2.22. The first-order valence-corrected chi connectivity index (χ1v) is 7.72. The van der Waals surface area contributed by atoms with Crippen molar-refractivity contribution < 1.29 is 13.5 Å². The maximum atomic E-state index is 12.0. The molecule has 0 saturated carbocycles. The average molecular weight is 264 g/mol. The summed E-state index contributed by atoms with van der Waals surface area (Å²) in [5, 5.41) is 9.38. The minimum atomic E-state index is -3.43. The van der Waals surface area contributed by atoms with Crippen molar-refractivity contribution in [1.82, 2.24) is 9.03 Å². The molecular formula is C11H24N2O3S. The van der Waals surface area contributed by atoms with Crippen LogP contribution in [0.4, 0.5) is 0 Å². The molecule has 0 bridgehead atoms. The quantitative estimate of drug-likeness (QED) is 0.763. The van der Waals surface area contributed by atoms with E-state index in [2.05, 4.69) is 18.6 Å². The number of aliphatic hydroxyl groups excluding tert-OH is 1. The van der Waals surface area contributed by atoms with Crippen LogP contribution in [0.1, 0.15) is 33.6 Å². The molecule has 0 aromatic carbocycles. The number of rotatable bonds is 5. The molecule has 5 nitrogen and oxygen atoms in total. The smallest absolute Gasteiger partial charge is 0.279 e. The molecule has 1 heterocycles. The molecule has 102 valence electrons. The number of hydrogen-bond acceptors (Lipinski definition) is 3. The van der Waals surface area contributed by atoms with E-state index in [9.17, 15) is 13.5 Å². The van der Waals surface area contributed by atoms with Crippen LogP contribution in [0, 0.1) is 11.8 Å².